The SMILES string of the molecule is CCN(C(=O)C(CO)NC(=O)OC(C)(C)C)C(C(=O)Nc1ccc(OC)cc1)c1cc(C)cc(C)c1. The van der Waals surface area contributed by atoms with Gasteiger partial charge in [-0.3, -0.25) is 9.59 Å². The zero-order chi connectivity index (χ0) is 27.0. The van der Waals surface area contributed by atoms with Crippen molar-refractivity contribution in [3.8, 4) is 5.75 Å². The second kappa shape index (κ2) is 12.4. The summed E-state index contributed by atoms with van der Waals surface area (Å²) in [4.78, 5) is 40.8. The van der Waals surface area contributed by atoms with Gasteiger partial charge in [-0.1, -0.05) is 29.3 Å². The Bertz CT molecular complexity index is 1040. The fourth-order valence-corrected chi connectivity index (χ4v) is 3.83. The van der Waals surface area contributed by atoms with Gasteiger partial charge in [0.25, 0.3) is 5.91 Å². The van der Waals surface area contributed by atoms with Crippen molar-refractivity contribution in [1.82, 2.24) is 10.2 Å². The van der Waals surface area contributed by atoms with Crippen molar-refractivity contribution in [1.29, 1.82) is 0 Å². The molecule has 3 N–H and O–H groups in total. The summed E-state index contributed by atoms with van der Waals surface area (Å²) in [6.07, 6.45) is -0.836. The summed E-state index contributed by atoms with van der Waals surface area (Å²) >= 11 is 0. The number of aliphatic hydroxyl groups is 1. The fraction of sp³-hybridized carbons (Fsp3) is 0.444. The number of carbonyl (C=O) groups is 3. The van der Waals surface area contributed by atoms with E-state index in [2.05, 4.69) is 10.6 Å². The van der Waals surface area contributed by atoms with E-state index in [9.17, 15) is 19.5 Å². The standard InChI is InChI=1S/C27H37N3O6/c1-8-30(25(33)22(16-31)29-26(34)36-27(4,5)6)23(19-14-17(2)13-18(3)15-19)24(32)28-20-9-11-21(35-7)12-10-20/h9-15,22-23,31H,8,16H2,1-7H3,(H,28,32)(H,29,34). The molecule has 9 nitrogen and oxygen atoms in total. The zero-order valence-corrected chi connectivity index (χ0v) is 22.0. The molecule has 3 amide bonds. The molecule has 0 aromatic heterocycles. The minimum Gasteiger partial charge on any atom is -0.497 e. The highest BCUT2D eigenvalue weighted by Crippen LogP contribution is 2.26. The lowest BCUT2D eigenvalue weighted by Crippen LogP contribution is -2.53. The average molecular weight is 500 g/mol. The number of carbonyl (C=O) groups excluding carboxylic acids is 3. The third-order valence-electron chi connectivity index (χ3n) is 5.27. The van der Waals surface area contributed by atoms with Crippen LogP contribution < -0.4 is 15.4 Å². The van der Waals surface area contributed by atoms with E-state index in [1.165, 1.54) is 4.90 Å². The molecule has 2 aromatic rings. The largest absolute Gasteiger partial charge is 0.497 e. The van der Waals surface area contributed by atoms with Crippen molar-refractivity contribution in [2.24, 2.45) is 0 Å². The van der Waals surface area contributed by atoms with Gasteiger partial charge in [-0.2, -0.15) is 0 Å². The summed E-state index contributed by atoms with van der Waals surface area (Å²) in [5, 5.41) is 15.2. The second-order valence-electron chi connectivity index (χ2n) is 9.55. The summed E-state index contributed by atoms with van der Waals surface area (Å²) in [5.74, 6) is -0.405. The normalized spacial score (nSPS) is 12.8. The lowest BCUT2D eigenvalue weighted by molar-refractivity contribution is -0.141. The number of aliphatic hydroxyl groups excluding tert-OH is 1. The number of nitrogens with zero attached hydrogens (tertiary/aromatic N) is 1. The minimum absolute atomic E-state index is 0.152. The molecule has 0 aliphatic heterocycles. The summed E-state index contributed by atoms with van der Waals surface area (Å²) in [6, 6.07) is 10.2. The van der Waals surface area contributed by atoms with Crippen molar-refractivity contribution in [3.63, 3.8) is 0 Å². The molecule has 2 aromatic carbocycles. The molecule has 0 aliphatic rings. The first-order valence-electron chi connectivity index (χ1n) is 11.8. The lowest BCUT2D eigenvalue weighted by Gasteiger charge is -2.33. The van der Waals surface area contributed by atoms with Crippen molar-refractivity contribution in [2.75, 3.05) is 25.6 Å². The number of hydrogen-bond acceptors (Lipinski definition) is 6. The molecule has 2 rings (SSSR count). The summed E-state index contributed by atoms with van der Waals surface area (Å²) in [6.45, 7) is 10.1. The third kappa shape index (κ3) is 7.98. The van der Waals surface area contributed by atoms with Crippen LogP contribution in [0.5, 0.6) is 5.75 Å². The van der Waals surface area contributed by atoms with E-state index in [-0.39, 0.29) is 6.54 Å². The maximum Gasteiger partial charge on any atom is 0.408 e. The highest BCUT2D eigenvalue weighted by Gasteiger charge is 2.35. The van der Waals surface area contributed by atoms with E-state index >= 15 is 0 Å². The first-order chi connectivity index (χ1) is 16.9. The van der Waals surface area contributed by atoms with Gasteiger partial charge >= 0.3 is 6.09 Å². The maximum absolute atomic E-state index is 13.6. The number of amides is 3. The Morgan fingerprint density at radius 1 is 1.03 bits per heavy atom. The fourth-order valence-electron chi connectivity index (χ4n) is 3.83. The number of hydrogen-bond donors (Lipinski definition) is 3. The third-order valence-corrected chi connectivity index (χ3v) is 5.27. The zero-order valence-electron chi connectivity index (χ0n) is 22.0. The van der Waals surface area contributed by atoms with Gasteiger partial charge < -0.3 is 30.1 Å². The van der Waals surface area contributed by atoms with Crippen LogP contribution in [0.2, 0.25) is 0 Å². The van der Waals surface area contributed by atoms with Crippen molar-refractivity contribution in [2.45, 2.75) is 59.2 Å². The van der Waals surface area contributed by atoms with Crippen molar-refractivity contribution >= 4 is 23.6 Å². The van der Waals surface area contributed by atoms with Gasteiger partial charge in [-0.25, -0.2) is 4.79 Å². The van der Waals surface area contributed by atoms with Gasteiger partial charge in [0, 0.05) is 12.2 Å². The Morgan fingerprint density at radius 3 is 2.08 bits per heavy atom. The number of benzene rings is 2. The smallest absolute Gasteiger partial charge is 0.408 e. The molecular formula is C27H37N3O6. The minimum atomic E-state index is -1.29. The van der Waals surface area contributed by atoms with Crippen LogP contribution in [0.1, 0.15) is 50.4 Å². The van der Waals surface area contributed by atoms with Gasteiger partial charge in [0.15, 0.2) is 0 Å². The van der Waals surface area contributed by atoms with Crippen LogP contribution in [-0.2, 0) is 14.3 Å². The molecule has 0 fully saturated rings. The first-order valence-corrected chi connectivity index (χ1v) is 11.8. The Kier molecular flexibility index (Phi) is 9.86. The van der Waals surface area contributed by atoms with Crippen LogP contribution in [0, 0.1) is 13.8 Å². The van der Waals surface area contributed by atoms with E-state index < -0.39 is 42.2 Å². The second-order valence-corrected chi connectivity index (χ2v) is 9.55. The summed E-state index contributed by atoms with van der Waals surface area (Å²) < 4.78 is 10.4. The maximum atomic E-state index is 13.6. The predicted molar refractivity (Wildman–Crippen MR) is 138 cm³/mol. The molecule has 0 radical (unpaired) electrons. The Morgan fingerprint density at radius 2 is 1.61 bits per heavy atom. The van der Waals surface area contributed by atoms with Gasteiger partial charge in [0.1, 0.15) is 23.4 Å². The predicted octanol–water partition coefficient (Wildman–Crippen LogP) is 3.73. The number of methoxy groups -OCH3 is 1. The quantitative estimate of drug-likeness (QED) is 0.484. The van der Waals surface area contributed by atoms with Crippen LogP contribution in [0.3, 0.4) is 0 Å². The molecule has 0 saturated carbocycles. The number of alkyl carbamates (subject to hydrolysis) is 1. The molecular weight excluding hydrogens is 462 g/mol. The van der Waals surface area contributed by atoms with Crippen molar-refractivity contribution in [3.05, 3.63) is 59.2 Å². The first kappa shape index (κ1) is 28.6. The van der Waals surface area contributed by atoms with Crippen molar-refractivity contribution < 1.29 is 29.0 Å². The lowest BCUT2D eigenvalue weighted by atomic mass is 9.98. The van der Waals surface area contributed by atoms with Gasteiger partial charge in [0.05, 0.1) is 13.7 Å². The Hall–Kier alpha value is -3.59. The summed E-state index contributed by atoms with van der Waals surface area (Å²) in [7, 11) is 1.55. The number of likely N-dealkylation sites (N-methyl/N-ethyl adjacent to an activating group) is 1. The van der Waals surface area contributed by atoms with E-state index in [0.717, 1.165) is 11.1 Å². The number of anilines is 1. The molecule has 0 aliphatic carbocycles. The Balaban J connectivity index is 2.42. The molecule has 0 saturated heterocycles. The van der Waals surface area contributed by atoms with Crippen LogP contribution in [0.25, 0.3) is 0 Å². The van der Waals surface area contributed by atoms with Gasteiger partial charge in [0.2, 0.25) is 5.91 Å². The molecule has 0 bridgehead atoms. The molecule has 9 heteroatoms. The van der Waals surface area contributed by atoms with Crippen LogP contribution in [0.15, 0.2) is 42.5 Å². The molecule has 2 unspecified atom stereocenters. The number of aryl methyl sites for hydroxylation is 2. The highest BCUT2D eigenvalue weighted by molar-refractivity contribution is 5.99. The molecule has 0 spiro atoms. The van der Waals surface area contributed by atoms with Crippen LogP contribution in [0.4, 0.5) is 10.5 Å². The Labute approximate surface area is 212 Å². The highest BCUT2D eigenvalue weighted by atomic mass is 16.6. The van der Waals surface area contributed by atoms with E-state index in [1.807, 2.05) is 32.0 Å². The molecule has 0 heterocycles. The van der Waals surface area contributed by atoms with Crippen LogP contribution in [-0.4, -0.2) is 59.8 Å². The van der Waals surface area contributed by atoms with Gasteiger partial charge in [-0.15, -0.1) is 0 Å². The molecule has 196 valence electrons. The van der Waals surface area contributed by atoms with Gasteiger partial charge in [-0.05, 0) is 71.4 Å². The monoisotopic (exact) mass is 499 g/mol. The topological polar surface area (TPSA) is 117 Å². The van der Waals surface area contributed by atoms with E-state index in [0.29, 0.717) is 17.0 Å². The number of nitrogens with one attached hydrogen (secondary N) is 2. The number of rotatable bonds is 9. The van der Waals surface area contributed by atoms with E-state index in [1.54, 1.807) is 59.1 Å². The molecule has 36 heavy (non-hydrogen) atoms. The summed E-state index contributed by atoms with van der Waals surface area (Å²) in [5.41, 5.74) is 2.23. The molecule has 2 atom stereocenters. The number of ether oxygens (including phenoxy) is 2. The van der Waals surface area contributed by atoms with E-state index in [4.69, 9.17) is 9.47 Å². The van der Waals surface area contributed by atoms with Crippen LogP contribution >= 0.6 is 0 Å². The average Bonchev–Trinajstić information content (AvgIpc) is 2.79.